The average molecular weight is 381 g/mol. The van der Waals surface area contributed by atoms with Crippen LogP contribution in [0.4, 0.5) is 0 Å². The molecule has 0 aliphatic rings. The van der Waals surface area contributed by atoms with Gasteiger partial charge in [0.25, 0.3) is 0 Å². The number of carbonyl (C=O) groups excluding carboxylic acids is 1. The molecular weight excluding hydrogens is 358 g/mol. The number of carbonyl (C=O) groups is 1. The largest absolute Gasteiger partial charge is 0.497 e. The molecule has 0 aliphatic carbocycles. The van der Waals surface area contributed by atoms with E-state index in [9.17, 15) is 4.79 Å². The fourth-order valence-corrected chi connectivity index (χ4v) is 2.53. The van der Waals surface area contributed by atoms with Gasteiger partial charge >= 0.3 is 0 Å². The van der Waals surface area contributed by atoms with Crippen molar-refractivity contribution < 1.29 is 18.8 Å². The Morgan fingerprint density at radius 2 is 1.96 bits per heavy atom. The zero-order valence-electron chi connectivity index (χ0n) is 16.0. The van der Waals surface area contributed by atoms with Crippen molar-refractivity contribution in [2.75, 3.05) is 13.7 Å². The van der Waals surface area contributed by atoms with Crippen LogP contribution in [0.1, 0.15) is 24.3 Å². The van der Waals surface area contributed by atoms with E-state index >= 15 is 0 Å². The molecule has 3 rings (SSSR count). The van der Waals surface area contributed by atoms with E-state index < -0.39 is 0 Å². The molecule has 7 nitrogen and oxygen atoms in total. The molecule has 0 fully saturated rings. The highest BCUT2D eigenvalue weighted by Gasteiger charge is 2.10. The lowest BCUT2D eigenvalue weighted by Gasteiger charge is -2.06. The van der Waals surface area contributed by atoms with Crippen LogP contribution in [0.2, 0.25) is 0 Å². The minimum atomic E-state index is -0.0892. The van der Waals surface area contributed by atoms with Crippen molar-refractivity contribution in [1.82, 2.24) is 15.5 Å². The summed E-state index contributed by atoms with van der Waals surface area (Å²) in [6.45, 7) is 2.70. The van der Waals surface area contributed by atoms with Gasteiger partial charge in [-0.1, -0.05) is 35.0 Å². The first-order chi connectivity index (χ1) is 13.6. The number of rotatable bonds is 9. The van der Waals surface area contributed by atoms with Crippen molar-refractivity contribution in [2.45, 2.75) is 26.3 Å². The van der Waals surface area contributed by atoms with Gasteiger partial charge in [-0.2, -0.15) is 4.98 Å². The second-order valence-electron chi connectivity index (χ2n) is 6.29. The van der Waals surface area contributed by atoms with Crippen LogP contribution in [-0.2, 0) is 11.3 Å². The molecule has 1 aromatic heterocycles. The monoisotopic (exact) mass is 381 g/mol. The summed E-state index contributed by atoms with van der Waals surface area (Å²) in [4.78, 5) is 16.3. The maximum Gasteiger partial charge on any atom is 0.246 e. The minimum Gasteiger partial charge on any atom is -0.497 e. The first kappa shape index (κ1) is 19.4. The molecule has 0 bridgehead atoms. The molecule has 2 aromatic carbocycles. The SMILES string of the molecule is COc1cccc(-c2noc(CNC(=O)CCCOc3ccc(C)cc3)n2)c1. The summed E-state index contributed by atoms with van der Waals surface area (Å²) in [6.07, 6.45) is 0.987. The Labute approximate surface area is 163 Å². The van der Waals surface area contributed by atoms with E-state index in [1.54, 1.807) is 7.11 Å². The molecular formula is C21H23N3O4. The Morgan fingerprint density at radius 3 is 2.75 bits per heavy atom. The van der Waals surface area contributed by atoms with Crippen LogP contribution in [0.25, 0.3) is 11.4 Å². The Kier molecular flexibility index (Phi) is 6.62. The van der Waals surface area contributed by atoms with E-state index in [1.807, 2.05) is 55.5 Å². The molecule has 0 atom stereocenters. The standard InChI is InChI=1S/C21H23N3O4/c1-15-8-10-17(11-9-15)27-12-4-7-19(25)22-14-20-23-21(24-28-20)16-5-3-6-18(13-16)26-2/h3,5-6,8-11,13H,4,7,12,14H2,1-2H3,(H,22,25). The molecule has 1 N–H and O–H groups in total. The molecule has 0 unspecified atom stereocenters. The van der Waals surface area contributed by atoms with Crippen LogP contribution >= 0.6 is 0 Å². The molecule has 7 heteroatoms. The van der Waals surface area contributed by atoms with Gasteiger partial charge in [0.2, 0.25) is 17.6 Å². The Bertz CT molecular complexity index is 906. The molecule has 0 spiro atoms. The quantitative estimate of drug-likeness (QED) is 0.571. The zero-order valence-corrected chi connectivity index (χ0v) is 16.0. The van der Waals surface area contributed by atoms with Crippen LogP contribution < -0.4 is 14.8 Å². The van der Waals surface area contributed by atoms with Crippen LogP contribution in [0, 0.1) is 6.92 Å². The van der Waals surface area contributed by atoms with Crippen molar-refractivity contribution in [3.05, 3.63) is 60.0 Å². The molecule has 1 heterocycles. The summed E-state index contributed by atoms with van der Waals surface area (Å²) in [5.41, 5.74) is 1.97. The van der Waals surface area contributed by atoms with Crippen LogP contribution in [0.5, 0.6) is 11.5 Å². The molecule has 146 valence electrons. The summed E-state index contributed by atoms with van der Waals surface area (Å²) in [6, 6.07) is 15.2. The lowest BCUT2D eigenvalue weighted by Crippen LogP contribution is -2.23. The number of aryl methyl sites for hydroxylation is 1. The second kappa shape index (κ2) is 9.55. The van der Waals surface area contributed by atoms with Crippen molar-refractivity contribution in [3.8, 4) is 22.9 Å². The number of benzene rings is 2. The summed E-state index contributed by atoms with van der Waals surface area (Å²) in [7, 11) is 1.60. The summed E-state index contributed by atoms with van der Waals surface area (Å²) >= 11 is 0. The maximum atomic E-state index is 12.0. The van der Waals surface area contributed by atoms with Gasteiger partial charge in [-0.25, -0.2) is 0 Å². The predicted molar refractivity (Wildman–Crippen MR) is 104 cm³/mol. The fraction of sp³-hybridized carbons (Fsp3) is 0.286. The van der Waals surface area contributed by atoms with Crippen LogP contribution in [0.15, 0.2) is 53.1 Å². The number of nitrogens with one attached hydrogen (secondary N) is 1. The third-order valence-corrected chi connectivity index (χ3v) is 4.07. The van der Waals surface area contributed by atoms with Gasteiger partial charge in [0, 0.05) is 12.0 Å². The topological polar surface area (TPSA) is 86.5 Å². The minimum absolute atomic E-state index is 0.0892. The highest BCUT2D eigenvalue weighted by Crippen LogP contribution is 2.21. The number of hydrogen-bond donors (Lipinski definition) is 1. The number of aromatic nitrogens is 2. The van der Waals surface area contributed by atoms with Crippen LogP contribution in [-0.4, -0.2) is 29.8 Å². The summed E-state index contributed by atoms with van der Waals surface area (Å²) in [5.74, 6) is 2.23. The lowest BCUT2D eigenvalue weighted by atomic mass is 10.2. The van der Waals surface area contributed by atoms with Crippen molar-refractivity contribution in [3.63, 3.8) is 0 Å². The first-order valence-corrected chi connectivity index (χ1v) is 9.07. The Balaban J connectivity index is 1.40. The summed E-state index contributed by atoms with van der Waals surface area (Å²) < 4.78 is 16.0. The highest BCUT2D eigenvalue weighted by molar-refractivity contribution is 5.75. The van der Waals surface area contributed by atoms with Crippen molar-refractivity contribution >= 4 is 5.91 Å². The normalized spacial score (nSPS) is 10.5. The number of nitrogens with zero attached hydrogens (tertiary/aromatic N) is 2. The van der Waals surface area contributed by atoms with Crippen molar-refractivity contribution in [2.24, 2.45) is 0 Å². The van der Waals surface area contributed by atoms with Gasteiger partial charge in [0.15, 0.2) is 0 Å². The third kappa shape index (κ3) is 5.57. The molecule has 0 radical (unpaired) electrons. The van der Waals surface area contributed by atoms with E-state index in [-0.39, 0.29) is 12.5 Å². The number of methoxy groups -OCH3 is 1. The Hall–Kier alpha value is -3.35. The molecule has 0 saturated heterocycles. The fourth-order valence-electron chi connectivity index (χ4n) is 2.53. The molecule has 0 saturated carbocycles. The average Bonchev–Trinajstić information content (AvgIpc) is 3.20. The maximum absolute atomic E-state index is 12.0. The van der Waals surface area contributed by atoms with Crippen LogP contribution in [0.3, 0.4) is 0 Å². The third-order valence-electron chi connectivity index (χ3n) is 4.07. The first-order valence-electron chi connectivity index (χ1n) is 9.07. The predicted octanol–water partition coefficient (Wildman–Crippen LogP) is 3.53. The van der Waals surface area contributed by atoms with Gasteiger partial charge in [-0.15, -0.1) is 0 Å². The van der Waals surface area contributed by atoms with Gasteiger partial charge in [-0.3, -0.25) is 4.79 Å². The highest BCUT2D eigenvalue weighted by atomic mass is 16.5. The molecule has 28 heavy (non-hydrogen) atoms. The molecule has 0 aliphatic heterocycles. The number of hydrogen-bond acceptors (Lipinski definition) is 6. The van der Waals surface area contributed by atoms with Crippen molar-refractivity contribution in [1.29, 1.82) is 0 Å². The van der Waals surface area contributed by atoms with E-state index in [0.29, 0.717) is 36.9 Å². The van der Waals surface area contributed by atoms with Gasteiger partial charge in [-0.05, 0) is 37.6 Å². The van der Waals surface area contributed by atoms with Gasteiger partial charge < -0.3 is 19.3 Å². The number of ether oxygens (including phenoxy) is 2. The molecule has 3 aromatic rings. The van der Waals surface area contributed by atoms with E-state index in [2.05, 4.69) is 15.5 Å². The van der Waals surface area contributed by atoms with Gasteiger partial charge in [0.05, 0.1) is 20.3 Å². The van der Waals surface area contributed by atoms with E-state index in [1.165, 1.54) is 5.56 Å². The zero-order chi connectivity index (χ0) is 19.8. The Morgan fingerprint density at radius 1 is 1.14 bits per heavy atom. The van der Waals surface area contributed by atoms with Gasteiger partial charge in [0.1, 0.15) is 11.5 Å². The smallest absolute Gasteiger partial charge is 0.246 e. The molecule has 1 amide bonds. The number of amides is 1. The summed E-state index contributed by atoms with van der Waals surface area (Å²) in [5, 5.41) is 6.72. The lowest BCUT2D eigenvalue weighted by molar-refractivity contribution is -0.121. The second-order valence-corrected chi connectivity index (χ2v) is 6.29. The van der Waals surface area contributed by atoms with E-state index in [0.717, 1.165) is 11.3 Å². The van der Waals surface area contributed by atoms with E-state index in [4.69, 9.17) is 14.0 Å².